The Kier molecular flexibility index (Phi) is 6.75. The molecule has 0 aliphatic carbocycles. The summed E-state index contributed by atoms with van der Waals surface area (Å²) >= 11 is 5.03. The SMILES string of the molecule is C[NH+](C)CCCNC(=S)NNC(=O)c1ccccc1O. The number of thiocarbonyl (C=S) groups is 1. The van der Waals surface area contributed by atoms with Gasteiger partial charge in [0.15, 0.2) is 5.11 Å². The Hall–Kier alpha value is -1.86. The molecular weight excluding hydrogens is 276 g/mol. The highest BCUT2D eigenvalue weighted by molar-refractivity contribution is 7.80. The van der Waals surface area contributed by atoms with Crippen LogP contribution >= 0.6 is 12.2 Å². The maximum absolute atomic E-state index is 11.8. The average Bonchev–Trinajstić information content (AvgIpc) is 2.41. The normalized spacial score (nSPS) is 10.2. The second-order valence-corrected chi connectivity index (χ2v) is 5.07. The standard InChI is InChI=1S/C13H20N4O2S/c1-17(2)9-5-8-14-13(20)16-15-12(19)10-6-3-4-7-11(10)18/h3-4,6-7,18H,5,8-9H2,1-2H3,(H,15,19)(H2,14,16,20)/p+1. The number of hydrogen-bond donors (Lipinski definition) is 5. The summed E-state index contributed by atoms with van der Waals surface area (Å²) in [7, 11) is 4.17. The molecular formula is C13H21N4O2S+. The monoisotopic (exact) mass is 297 g/mol. The summed E-state index contributed by atoms with van der Waals surface area (Å²) in [6.45, 7) is 1.78. The van der Waals surface area contributed by atoms with Gasteiger partial charge in [-0.2, -0.15) is 0 Å². The summed E-state index contributed by atoms with van der Waals surface area (Å²) in [4.78, 5) is 13.1. The second-order valence-electron chi connectivity index (χ2n) is 4.66. The van der Waals surface area contributed by atoms with Crippen LogP contribution in [0.15, 0.2) is 24.3 Å². The van der Waals surface area contributed by atoms with Gasteiger partial charge in [-0.1, -0.05) is 12.1 Å². The summed E-state index contributed by atoms with van der Waals surface area (Å²) in [6, 6.07) is 6.31. The molecule has 0 aliphatic heterocycles. The lowest BCUT2D eigenvalue weighted by Gasteiger charge is -2.12. The lowest BCUT2D eigenvalue weighted by Crippen LogP contribution is -3.05. The molecule has 0 radical (unpaired) electrons. The third kappa shape index (κ3) is 5.85. The van der Waals surface area contributed by atoms with Crippen LogP contribution in [0.1, 0.15) is 16.8 Å². The van der Waals surface area contributed by atoms with Crippen LogP contribution in [0.2, 0.25) is 0 Å². The van der Waals surface area contributed by atoms with Gasteiger partial charge in [0.25, 0.3) is 5.91 Å². The van der Waals surface area contributed by atoms with Crippen LogP contribution in [0.5, 0.6) is 5.75 Å². The lowest BCUT2D eigenvalue weighted by atomic mass is 10.2. The van der Waals surface area contributed by atoms with E-state index in [-0.39, 0.29) is 11.3 Å². The molecule has 0 heterocycles. The minimum atomic E-state index is -0.440. The minimum absolute atomic E-state index is 0.0698. The van der Waals surface area contributed by atoms with E-state index < -0.39 is 5.91 Å². The Morgan fingerprint density at radius 2 is 2.00 bits per heavy atom. The van der Waals surface area contributed by atoms with E-state index >= 15 is 0 Å². The van der Waals surface area contributed by atoms with E-state index in [0.717, 1.165) is 19.5 Å². The number of para-hydroxylation sites is 1. The van der Waals surface area contributed by atoms with Crippen LogP contribution in [0.4, 0.5) is 0 Å². The maximum atomic E-state index is 11.8. The van der Waals surface area contributed by atoms with Gasteiger partial charge in [0.1, 0.15) is 5.75 Å². The van der Waals surface area contributed by atoms with E-state index in [1.54, 1.807) is 12.1 Å². The predicted octanol–water partition coefficient (Wildman–Crippen LogP) is -0.964. The van der Waals surface area contributed by atoms with Crippen molar-refractivity contribution in [3.8, 4) is 5.75 Å². The van der Waals surface area contributed by atoms with Crippen LogP contribution in [-0.4, -0.2) is 43.3 Å². The number of carbonyl (C=O) groups is 1. The number of carbonyl (C=O) groups excluding carboxylic acids is 1. The topological polar surface area (TPSA) is 77.8 Å². The van der Waals surface area contributed by atoms with Crippen molar-refractivity contribution in [2.45, 2.75) is 6.42 Å². The Bertz CT molecular complexity index is 465. The molecule has 0 fully saturated rings. The van der Waals surface area contributed by atoms with Gasteiger partial charge in [-0.25, -0.2) is 0 Å². The van der Waals surface area contributed by atoms with Gasteiger partial charge in [-0.15, -0.1) is 0 Å². The van der Waals surface area contributed by atoms with Crippen molar-refractivity contribution in [2.75, 3.05) is 27.2 Å². The van der Waals surface area contributed by atoms with Gasteiger partial charge in [0, 0.05) is 13.0 Å². The van der Waals surface area contributed by atoms with Crippen molar-refractivity contribution >= 4 is 23.2 Å². The molecule has 0 unspecified atom stereocenters. The van der Waals surface area contributed by atoms with E-state index in [1.165, 1.54) is 17.0 Å². The third-order valence-corrected chi connectivity index (χ3v) is 2.82. The molecule has 1 amide bonds. The Labute approximate surface area is 124 Å². The lowest BCUT2D eigenvalue weighted by molar-refractivity contribution is -0.858. The molecule has 0 saturated carbocycles. The molecule has 0 saturated heterocycles. The largest absolute Gasteiger partial charge is 0.507 e. The molecule has 110 valence electrons. The molecule has 1 aromatic rings. The molecule has 20 heavy (non-hydrogen) atoms. The van der Waals surface area contributed by atoms with E-state index in [4.69, 9.17) is 12.2 Å². The van der Waals surface area contributed by atoms with Crippen molar-refractivity contribution in [1.29, 1.82) is 0 Å². The summed E-state index contributed by atoms with van der Waals surface area (Å²) in [6.07, 6.45) is 0.984. The van der Waals surface area contributed by atoms with E-state index in [1.807, 2.05) is 0 Å². The second kappa shape index (κ2) is 8.34. The maximum Gasteiger partial charge on any atom is 0.273 e. The number of phenols is 1. The van der Waals surface area contributed by atoms with Crippen molar-refractivity contribution in [1.82, 2.24) is 16.2 Å². The summed E-state index contributed by atoms with van der Waals surface area (Å²) in [5, 5.41) is 12.9. The number of quaternary nitrogens is 1. The van der Waals surface area contributed by atoms with Crippen molar-refractivity contribution < 1.29 is 14.8 Å². The van der Waals surface area contributed by atoms with Crippen LogP contribution in [0, 0.1) is 0 Å². The first-order valence-electron chi connectivity index (χ1n) is 6.42. The number of amides is 1. The average molecular weight is 297 g/mol. The van der Waals surface area contributed by atoms with Gasteiger partial charge < -0.3 is 15.3 Å². The zero-order chi connectivity index (χ0) is 15.0. The molecule has 7 heteroatoms. The molecule has 5 N–H and O–H groups in total. The zero-order valence-electron chi connectivity index (χ0n) is 11.7. The van der Waals surface area contributed by atoms with E-state index in [0.29, 0.717) is 5.11 Å². The highest BCUT2D eigenvalue weighted by Gasteiger charge is 2.09. The number of hydrazine groups is 1. The summed E-state index contributed by atoms with van der Waals surface area (Å²) < 4.78 is 0. The van der Waals surface area contributed by atoms with Crippen LogP contribution < -0.4 is 21.1 Å². The molecule has 1 aromatic carbocycles. The van der Waals surface area contributed by atoms with E-state index in [9.17, 15) is 9.90 Å². The van der Waals surface area contributed by atoms with Crippen molar-refractivity contribution in [3.63, 3.8) is 0 Å². The molecule has 0 aromatic heterocycles. The van der Waals surface area contributed by atoms with Gasteiger partial charge in [-0.05, 0) is 24.4 Å². The van der Waals surface area contributed by atoms with Crippen molar-refractivity contribution in [3.05, 3.63) is 29.8 Å². The molecule has 1 rings (SSSR count). The number of benzene rings is 1. The number of nitrogens with one attached hydrogen (secondary N) is 4. The third-order valence-electron chi connectivity index (χ3n) is 2.58. The fourth-order valence-electron chi connectivity index (χ4n) is 1.53. The van der Waals surface area contributed by atoms with Crippen LogP contribution in [-0.2, 0) is 0 Å². The quantitative estimate of drug-likeness (QED) is 0.275. The predicted molar refractivity (Wildman–Crippen MR) is 81.6 cm³/mol. The van der Waals surface area contributed by atoms with Crippen LogP contribution in [0.25, 0.3) is 0 Å². The summed E-state index contributed by atoms with van der Waals surface area (Å²) in [5.41, 5.74) is 5.22. The molecule has 0 spiro atoms. The highest BCUT2D eigenvalue weighted by atomic mass is 32.1. The van der Waals surface area contributed by atoms with Gasteiger partial charge in [0.05, 0.1) is 26.2 Å². The minimum Gasteiger partial charge on any atom is -0.507 e. The number of phenolic OH excluding ortho intramolecular Hbond substituents is 1. The number of rotatable bonds is 5. The number of hydrogen-bond acceptors (Lipinski definition) is 3. The summed E-state index contributed by atoms with van der Waals surface area (Å²) in [5.74, 6) is -0.510. The Morgan fingerprint density at radius 3 is 2.65 bits per heavy atom. The van der Waals surface area contributed by atoms with Gasteiger partial charge in [0.2, 0.25) is 0 Å². The first-order valence-corrected chi connectivity index (χ1v) is 6.82. The van der Waals surface area contributed by atoms with Gasteiger partial charge in [-0.3, -0.25) is 15.6 Å². The molecule has 0 aliphatic rings. The fraction of sp³-hybridized carbons (Fsp3) is 0.385. The molecule has 0 bridgehead atoms. The number of aromatic hydroxyl groups is 1. The smallest absolute Gasteiger partial charge is 0.273 e. The van der Waals surface area contributed by atoms with E-state index in [2.05, 4.69) is 30.3 Å². The first kappa shape index (κ1) is 16.2. The zero-order valence-corrected chi connectivity index (χ0v) is 12.5. The van der Waals surface area contributed by atoms with Gasteiger partial charge >= 0.3 is 0 Å². The first-order chi connectivity index (χ1) is 9.50. The fourth-order valence-corrected chi connectivity index (χ4v) is 1.69. The van der Waals surface area contributed by atoms with Crippen LogP contribution in [0.3, 0.4) is 0 Å². The highest BCUT2D eigenvalue weighted by Crippen LogP contribution is 2.14. The Balaban J connectivity index is 2.27. The molecule has 0 atom stereocenters. The Morgan fingerprint density at radius 1 is 1.30 bits per heavy atom. The molecule has 6 nitrogen and oxygen atoms in total. The van der Waals surface area contributed by atoms with Crippen molar-refractivity contribution in [2.24, 2.45) is 0 Å².